The molecule has 3 rings (SSSR count). The van der Waals surface area contributed by atoms with Crippen molar-refractivity contribution in [1.82, 2.24) is 4.98 Å². The molecule has 0 unspecified atom stereocenters. The minimum absolute atomic E-state index is 0.292. The molecule has 0 saturated heterocycles. The zero-order valence-electron chi connectivity index (χ0n) is 10.4. The van der Waals surface area contributed by atoms with Crippen LogP contribution in [0.5, 0.6) is 0 Å². The largest absolute Gasteiger partial charge is 0.478 e. The molecule has 0 aliphatic rings. The van der Waals surface area contributed by atoms with Crippen molar-refractivity contribution >= 4 is 28.8 Å². The Kier molecular flexibility index (Phi) is 3.43. The number of para-hydroxylation sites is 2. The quantitative estimate of drug-likeness (QED) is 0.738. The minimum atomic E-state index is -0.914. The highest BCUT2D eigenvalue weighted by atomic mass is 32.2. The van der Waals surface area contributed by atoms with E-state index in [1.165, 1.54) is 11.8 Å². The van der Waals surface area contributed by atoms with Crippen molar-refractivity contribution in [3.63, 3.8) is 0 Å². The fraction of sp³-hybridized carbons (Fsp3) is 0.0667. The number of thioether (sulfide) groups is 1. The number of rotatable bonds is 4. The number of carboxylic acid groups (broad SMARTS) is 1. The van der Waals surface area contributed by atoms with Gasteiger partial charge in [0.1, 0.15) is 5.52 Å². The third-order valence-electron chi connectivity index (χ3n) is 2.84. The van der Waals surface area contributed by atoms with Gasteiger partial charge in [0.25, 0.3) is 5.22 Å². The van der Waals surface area contributed by atoms with Crippen LogP contribution in [0.25, 0.3) is 11.1 Å². The summed E-state index contributed by atoms with van der Waals surface area (Å²) in [5, 5.41) is 9.45. The van der Waals surface area contributed by atoms with Crippen LogP contribution in [0.4, 0.5) is 0 Å². The molecule has 4 nitrogen and oxygen atoms in total. The van der Waals surface area contributed by atoms with E-state index in [9.17, 15) is 4.79 Å². The van der Waals surface area contributed by atoms with Gasteiger partial charge in [-0.05, 0) is 29.8 Å². The number of benzene rings is 2. The summed E-state index contributed by atoms with van der Waals surface area (Å²) in [6.07, 6.45) is 0. The van der Waals surface area contributed by atoms with Gasteiger partial charge >= 0.3 is 5.97 Å². The molecule has 0 aliphatic heterocycles. The van der Waals surface area contributed by atoms with Crippen LogP contribution in [-0.2, 0) is 5.75 Å². The number of hydrogen-bond donors (Lipinski definition) is 1. The number of aromatic carboxylic acids is 1. The molecular formula is C15H11NO3S. The predicted octanol–water partition coefficient (Wildman–Crippen LogP) is 3.82. The van der Waals surface area contributed by atoms with Crippen LogP contribution in [0.15, 0.2) is 58.2 Å². The van der Waals surface area contributed by atoms with E-state index in [-0.39, 0.29) is 0 Å². The third-order valence-corrected chi connectivity index (χ3v) is 3.74. The Bertz CT molecular complexity index is 716. The molecule has 0 atom stereocenters. The Balaban J connectivity index is 1.71. The number of carboxylic acids is 1. The van der Waals surface area contributed by atoms with Crippen LogP contribution >= 0.6 is 11.8 Å². The normalized spacial score (nSPS) is 10.8. The first kappa shape index (κ1) is 12.7. The molecule has 0 radical (unpaired) electrons. The first-order valence-corrected chi connectivity index (χ1v) is 7.01. The zero-order chi connectivity index (χ0) is 13.9. The first-order valence-electron chi connectivity index (χ1n) is 6.03. The summed E-state index contributed by atoms with van der Waals surface area (Å²) in [6, 6.07) is 14.4. The highest BCUT2D eigenvalue weighted by molar-refractivity contribution is 7.98. The fourth-order valence-corrected chi connectivity index (χ4v) is 2.60. The number of nitrogens with zero attached hydrogens (tertiary/aromatic N) is 1. The van der Waals surface area contributed by atoms with Gasteiger partial charge < -0.3 is 9.52 Å². The van der Waals surface area contributed by atoms with Gasteiger partial charge in [-0.3, -0.25) is 0 Å². The van der Waals surface area contributed by atoms with Gasteiger partial charge in [0.2, 0.25) is 0 Å². The Labute approximate surface area is 119 Å². The second-order valence-electron chi connectivity index (χ2n) is 4.24. The van der Waals surface area contributed by atoms with E-state index < -0.39 is 5.97 Å². The van der Waals surface area contributed by atoms with Crippen LogP contribution < -0.4 is 0 Å². The molecule has 0 saturated carbocycles. The predicted molar refractivity (Wildman–Crippen MR) is 77.0 cm³/mol. The van der Waals surface area contributed by atoms with Gasteiger partial charge in [-0.2, -0.15) is 0 Å². The van der Waals surface area contributed by atoms with Gasteiger partial charge in [-0.25, -0.2) is 9.78 Å². The monoisotopic (exact) mass is 285 g/mol. The second-order valence-corrected chi connectivity index (χ2v) is 5.16. The van der Waals surface area contributed by atoms with Crippen molar-refractivity contribution in [2.24, 2.45) is 0 Å². The summed E-state index contributed by atoms with van der Waals surface area (Å²) in [5.74, 6) is -0.227. The SMILES string of the molecule is O=C(O)c1ccc(CSc2nc3ccccc3o2)cc1. The summed E-state index contributed by atoms with van der Waals surface area (Å²) >= 11 is 1.49. The molecule has 5 heteroatoms. The smallest absolute Gasteiger partial charge is 0.335 e. The lowest BCUT2D eigenvalue weighted by Gasteiger charge is -1.99. The van der Waals surface area contributed by atoms with Crippen LogP contribution in [0.1, 0.15) is 15.9 Å². The molecule has 1 aromatic heterocycles. The van der Waals surface area contributed by atoms with E-state index in [1.54, 1.807) is 24.3 Å². The Hall–Kier alpha value is -2.27. The van der Waals surface area contributed by atoms with Crippen molar-refractivity contribution in [1.29, 1.82) is 0 Å². The molecule has 1 N–H and O–H groups in total. The van der Waals surface area contributed by atoms with Gasteiger partial charge in [0.05, 0.1) is 5.56 Å². The maximum Gasteiger partial charge on any atom is 0.335 e. The summed E-state index contributed by atoms with van der Waals surface area (Å²) in [7, 11) is 0. The summed E-state index contributed by atoms with van der Waals surface area (Å²) in [5.41, 5.74) is 2.94. The van der Waals surface area contributed by atoms with Crippen molar-refractivity contribution in [3.05, 3.63) is 59.7 Å². The number of carbonyl (C=O) groups is 1. The van der Waals surface area contributed by atoms with E-state index in [2.05, 4.69) is 4.98 Å². The van der Waals surface area contributed by atoms with Crippen molar-refractivity contribution in [2.75, 3.05) is 0 Å². The summed E-state index contributed by atoms with van der Waals surface area (Å²) in [4.78, 5) is 15.1. The average Bonchev–Trinajstić information content (AvgIpc) is 2.88. The van der Waals surface area contributed by atoms with Gasteiger partial charge in [-0.15, -0.1) is 0 Å². The highest BCUT2D eigenvalue weighted by Gasteiger charge is 2.06. The van der Waals surface area contributed by atoms with Crippen molar-refractivity contribution < 1.29 is 14.3 Å². The second kappa shape index (κ2) is 5.38. The maximum atomic E-state index is 10.8. The van der Waals surface area contributed by atoms with E-state index in [0.717, 1.165) is 16.7 Å². The number of oxazole rings is 1. The average molecular weight is 285 g/mol. The zero-order valence-corrected chi connectivity index (χ0v) is 11.3. The highest BCUT2D eigenvalue weighted by Crippen LogP contribution is 2.26. The maximum absolute atomic E-state index is 10.8. The molecule has 0 amide bonds. The lowest BCUT2D eigenvalue weighted by molar-refractivity contribution is 0.0697. The topological polar surface area (TPSA) is 63.3 Å². The molecule has 2 aromatic carbocycles. The molecule has 0 fully saturated rings. The summed E-state index contributed by atoms with van der Waals surface area (Å²) < 4.78 is 5.61. The number of aromatic nitrogens is 1. The van der Waals surface area contributed by atoms with Crippen LogP contribution in [-0.4, -0.2) is 16.1 Å². The minimum Gasteiger partial charge on any atom is -0.478 e. The molecule has 100 valence electrons. The fourth-order valence-electron chi connectivity index (χ4n) is 1.80. The number of fused-ring (bicyclic) bond motifs is 1. The summed E-state index contributed by atoms with van der Waals surface area (Å²) in [6.45, 7) is 0. The molecule has 1 heterocycles. The van der Waals surface area contributed by atoms with E-state index in [0.29, 0.717) is 16.5 Å². The van der Waals surface area contributed by atoms with Gasteiger partial charge in [0, 0.05) is 5.75 Å². The molecule has 20 heavy (non-hydrogen) atoms. The van der Waals surface area contributed by atoms with E-state index in [1.807, 2.05) is 24.3 Å². The molecule has 0 aliphatic carbocycles. The molecule has 3 aromatic rings. The van der Waals surface area contributed by atoms with Gasteiger partial charge in [-0.1, -0.05) is 36.0 Å². The molecule has 0 bridgehead atoms. The van der Waals surface area contributed by atoms with Crippen LogP contribution in [0.3, 0.4) is 0 Å². The first-order chi connectivity index (χ1) is 9.72. The van der Waals surface area contributed by atoms with Gasteiger partial charge in [0.15, 0.2) is 5.58 Å². The van der Waals surface area contributed by atoms with Crippen molar-refractivity contribution in [3.8, 4) is 0 Å². The third kappa shape index (κ3) is 2.67. The lowest BCUT2D eigenvalue weighted by atomic mass is 10.1. The van der Waals surface area contributed by atoms with Crippen LogP contribution in [0.2, 0.25) is 0 Å². The lowest BCUT2D eigenvalue weighted by Crippen LogP contribution is -1.95. The molecule has 0 spiro atoms. The standard InChI is InChI=1S/C15H11NO3S/c17-14(18)11-7-5-10(6-8-11)9-20-15-16-12-3-1-2-4-13(12)19-15/h1-8H,9H2,(H,17,18). The number of hydrogen-bond acceptors (Lipinski definition) is 4. The van der Waals surface area contributed by atoms with Crippen LogP contribution in [0, 0.1) is 0 Å². The Morgan fingerprint density at radius 1 is 1.15 bits per heavy atom. The van der Waals surface area contributed by atoms with E-state index >= 15 is 0 Å². The Morgan fingerprint density at radius 3 is 2.60 bits per heavy atom. The van der Waals surface area contributed by atoms with E-state index in [4.69, 9.17) is 9.52 Å². The Morgan fingerprint density at radius 2 is 1.90 bits per heavy atom. The van der Waals surface area contributed by atoms with Crippen molar-refractivity contribution in [2.45, 2.75) is 11.0 Å². The molecular weight excluding hydrogens is 274 g/mol.